The molecule has 80 valence electrons. The van der Waals surface area contributed by atoms with Gasteiger partial charge in [-0.1, -0.05) is 11.6 Å². The Bertz CT molecular complexity index is 390. The fraction of sp³-hybridized carbons (Fsp3) is 0.300. The van der Waals surface area contributed by atoms with Gasteiger partial charge in [-0.25, -0.2) is 4.79 Å². The Balaban J connectivity index is 2.12. The average Bonchev–Trinajstić information content (AvgIpc) is 2.15. The molecule has 1 heterocycles. The summed E-state index contributed by atoms with van der Waals surface area (Å²) in [7, 11) is 0. The zero-order chi connectivity index (χ0) is 10.8. The smallest absolute Gasteiger partial charge is 0.340 e. The van der Waals surface area contributed by atoms with Crippen LogP contribution in [0.4, 0.5) is 0 Å². The third-order valence-corrected chi connectivity index (χ3v) is 2.66. The van der Waals surface area contributed by atoms with Crippen LogP contribution < -0.4 is 0 Å². The van der Waals surface area contributed by atoms with Gasteiger partial charge in [0.1, 0.15) is 6.10 Å². The minimum absolute atomic E-state index is 0.142. The number of ether oxygens (including phenoxy) is 2. The molecule has 5 heteroatoms. The Morgan fingerprint density at radius 3 is 2.87 bits per heavy atom. The zero-order valence-corrected chi connectivity index (χ0v) is 9.42. The highest BCUT2D eigenvalue weighted by Gasteiger charge is 2.24. The van der Waals surface area contributed by atoms with Crippen LogP contribution in [0.3, 0.4) is 0 Å². The van der Waals surface area contributed by atoms with Crippen LogP contribution in [-0.4, -0.2) is 25.3 Å². The van der Waals surface area contributed by atoms with Crippen LogP contribution in [-0.2, 0) is 9.47 Å². The molecule has 0 saturated carbocycles. The maximum absolute atomic E-state index is 11.6. The second-order valence-electron chi connectivity index (χ2n) is 3.23. The summed E-state index contributed by atoms with van der Waals surface area (Å²) in [6.07, 6.45) is -0.142. The zero-order valence-electron chi connectivity index (χ0n) is 7.77. The van der Waals surface area contributed by atoms with E-state index in [0.29, 0.717) is 28.7 Å². The fourth-order valence-electron chi connectivity index (χ4n) is 1.17. The summed E-state index contributed by atoms with van der Waals surface area (Å²) in [6, 6.07) is 4.93. The van der Waals surface area contributed by atoms with Crippen molar-refractivity contribution in [2.45, 2.75) is 11.0 Å². The van der Waals surface area contributed by atoms with Gasteiger partial charge in [0.25, 0.3) is 0 Å². The van der Waals surface area contributed by atoms with Crippen LogP contribution in [0.5, 0.6) is 0 Å². The predicted molar refractivity (Wildman–Crippen MR) is 58.7 cm³/mol. The average molecular weight is 245 g/mol. The number of carbonyl (C=O) groups excluding carboxylic acids is 1. The summed E-state index contributed by atoms with van der Waals surface area (Å²) >= 11 is 10.0. The first-order valence-electron chi connectivity index (χ1n) is 4.44. The summed E-state index contributed by atoms with van der Waals surface area (Å²) in [6.45, 7) is 0.924. The van der Waals surface area contributed by atoms with Crippen LogP contribution in [0.1, 0.15) is 10.4 Å². The van der Waals surface area contributed by atoms with Gasteiger partial charge in [0, 0.05) is 4.90 Å². The molecular formula is C10H9ClO3S. The van der Waals surface area contributed by atoms with Gasteiger partial charge in [0.05, 0.1) is 23.8 Å². The molecule has 0 aliphatic carbocycles. The molecule has 0 N–H and O–H groups in total. The highest BCUT2D eigenvalue weighted by molar-refractivity contribution is 7.80. The molecule has 2 rings (SSSR count). The van der Waals surface area contributed by atoms with Crippen molar-refractivity contribution < 1.29 is 14.3 Å². The summed E-state index contributed by atoms with van der Waals surface area (Å²) < 4.78 is 10.0. The first kappa shape index (κ1) is 10.8. The topological polar surface area (TPSA) is 35.5 Å². The van der Waals surface area contributed by atoms with Crippen molar-refractivity contribution in [3.8, 4) is 0 Å². The number of rotatable bonds is 2. The molecule has 0 spiro atoms. The van der Waals surface area contributed by atoms with E-state index in [1.54, 1.807) is 18.2 Å². The first-order valence-corrected chi connectivity index (χ1v) is 5.26. The Labute approximate surface area is 97.7 Å². The van der Waals surface area contributed by atoms with Crippen molar-refractivity contribution in [3.63, 3.8) is 0 Å². The molecule has 0 amide bonds. The molecule has 0 bridgehead atoms. The fourth-order valence-corrected chi connectivity index (χ4v) is 1.57. The molecule has 3 nitrogen and oxygen atoms in total. The Hall–Kier alpha value is -0.710. The van der Waals surface area contributed by atoms with Gasteiger partial charge < -0.3 is 9.47 Å². The second-order valence-corrected chi connectivity index (χ2v) is 4.15. The number of esters is 1. The van der Waals surface area contributed by atoms with Crippen LogP contribution in [0, 0.1) is 0 Å². The number of benzene rings is 1. The van der Waals surface area contributed by atoms with E-state index >= 15 is 0 Å². The summed E-state index contributed by atoms with van der Waals surface area (Å²) in [4.78, 5) is 12.3. The van der Waals surface area contributed by atoms with Crippen LogP contribution in [0.15, 0.2) is 23.1 Å². The Morgan fingerprint density at radius 2 is 2.27 bits per heavy atom. The molecular weight excluding hydrogens is 236 g/mol. The minimum Gasteiger partial charge on any atom is -0.454 e. The van der Waals surface area contributed by atoms with E-state index in [0.717, 1.165) is 0 Å². The van der Waals surface area contributed by atoms with Crippen molar-refractivity contribution in [1.29, 1.82) is 0 Å². The molecule has 15 heavy (non-hydrogen) atoms. The first-order chi connectivity index (χ1) is 7.16. The highest BCUT2D eigenvalue weighted by atomic mass is 35.5. The minimum atomic E-state index is -0.427. The normalized spacial score (nSPS) is 15.9. The predicted octanol–water partition coefficient (Wildman–Crippen LogP) is 2.18. The number of hydrogen-bond donors (Lipinski definition) is 1. The van der Waals surface area contributed by atoms with E-state index in [9.17, 15) is 4.79 Å². The molecule has 0 unspecified atom stereocenters. The monoisotopic (exact) mass is 244 g/mol. The van der Waals surface area contributed by atoms with E-state index in [-0.39, 0.29) is 6.10 Å². The van der Waals surface area contributed by atoms with Crippen LogP contribution in [0.25, 0.3) is 0 Å². The van der Waals surface area contributed by atoms with Crippen LogP contribution >= 0.6 is 24.2 Å². The standard InChI is InChI=1S/C10H9ClO3S/c11-9-2-1-7(15)3-8(9)10(12)14-6-4-13-5-6/h1-3,6,15H,4-5H2. The lowest BCUT2D eigenvalue weighted by Gasteiger charge is -2.25. The van der Waals surface area contributed by atoms with E-state index in [1.165, 1.54) is 0 Å². The molecule has 1 saturated heterocycles. The second kappa shape index (κ2) is 4.43. The Morgan fingerprint density at radius 1 is 1.53 bits per heavy atom. The SMILES string of the molecule is O=C(OC1COC1)c1cc(S)ccc1Cl. The third-order valence-electron chi connectivity index (χ3n) is 2.05. The summed E-state index contributed by atoms with van der Waals surface area (Å²) in [5.41, 5.74) is 0.344. The molecule has 0 atom stereocenters. The van der Waals surface area contributed by atoms with Gasteiger partial charge in [-0.2, -0.15) is 0 Å². The number of halogens is 1. The van der Waals surface area contributed by atoms with Gasteiger partial charge in [0.2, 0.25) is 0 Å². The van der Waals surface area contributed by atoms with Crippen LogP contribution in [0.2, 0.25) is 5.02 Å². The molecule has 1 aromatic rings. The number of hydrogen-bond acceptors (Lipinski definition) is 4. The van der Waals surface area contributed by atoms with E-state index in [4.69, 9.17) is 21.1 Å². The molecule has 0 aromatic heterocycles. The van der Waals surface area contributed by atoms with Gasteiger partial charge in [-0.15, -0.1) is 12.6 Å². The molecule has 1 fully saturated rings. The lowest BCUT2D eigenvalue weighted by molar-refractivity contribution is -0.103. The van der Waals surface area contributed by atoms with Crippen molar-refractivity contribution in [2.24, 2.45) is 0 Å². The molecule has 1 aliphatic rings. The third kappa shape index (κ3) is 2.45. The Kier molecular flexibility index (Phi) is 3.19. The molecule has 0 radical (unpaired) electrons. The highest BCUT2D eigenvalue weighted by Crippen LogP contribution is 2.21. The summed E-state index contributed by atoms with van der Waals surface area (Å²) in [5, 5.41) is 0.373. The van der Waals surface area contributed by atoms with E-state index in [1.807, 2.05) is 0 Å². The van der Waals surface area contributed by atoms with Gasteiger partial charge in [-0.05, 0) is 18.2 Å². The number of carbonyl (C=O) groups is 1. The maximum Gasteiger partial charge on any atom is 0.340 e. The van der Waals surface area contributed by atoms with Crippen molar-refractivity contribution in [2.75, 3.05) is 13.2 Å². The largest absolute Gasteiger partial charge is 0.454 e. The van der Waals surface area contributed by atoms with Crippen molar-refractivity contribution in [1.82, 2.24) is 0 Å². The lowest BCUT2D eigenvalue weighted by Crippen LogP contribution is -2.37. The van der Waals surface area contributed by atoms with Crippen molar-refractivity contribution in [3.05, 3.63) is 28.8 Å². The molecule has 1 aliphatic heterocycles. The quantitative estimate of drug-likeness (QED) is 0.640. The maximum atomic E-state index is 11.6. The van der Waals surface area contributed by atoms with Gasteiger partial charge >= 0.3 is 5.97 Å². The van der Waals surface area contributed by atoms with E-state index < -0.39 is 5.97 Å². The summed E-state index contributed by atoms with van der Waals surface area (Å²) in [5.74, 6) is -0.427. The lowest BCUT2D eigenvalue weighted by atomic mass is 10.2. The van der Waals surface area contributed by atoms with Crippen molar-refractivity contribution >= 4 is 30.2 Å². The number of thiol groups is 1. The van der Waals surface area contributed by atoms with Gasteiger partial charge in [-0.3, -0.25) is 0 Å². The molecule has 1 aromatic carbocycles. The van der Waals surface area contributed by atoms with E-state index in [2.05, 4.69) is 12.6 Å². The van der Waals surface area contributed by atoms with Gasteiger partial charge in [0.15, 0.2) is 0 Å².